The molecule has 1 N–H and O–H groups in total. The van der Waals surface area contributed by atoms with Crippen LogP contribution in [0, 0.1) is 13.8 Å². The molecule has 1 heteroatoms. The van der Waals surface area contributed by atoms with Crippen molar-refractivity contribution in [1.82, 2.24) is 5.32 Å². The van der Waals surface area contributed by atoms with Gasteiger partial charge in [0.1, 0.15) is 0 Å². The van der Waals surface area contributed by atoms with Gasteiger partial charge in [0, 0.05) is 6.54 Å². The minimum Gasteiger partial charge on any atom is -0.313 e. The summed E-state index contributed by atoms with van der Waals surface area (Å²) in [5, 5.41) is 3.37. The predicted octanol–water partition coefficient (Wildman–Crippen LogP) is 4.08. The van der Waals surface area contributed by atoms with E-state index in [1.165, 1.54) is 27.8 Å². The molecule has 0 amide bonds. The Balaban J connectivity index is 2.32. The van der Waals surface area contributed by atoms with Crippen LogP contribution >= 0.6 is 0 Å². The van der Waals surface area contributed by atoms with Crippen molar-refractivity contribution in [2.45, 2.75) is 27.3 Å². The summed E-state index contributed by atoms with van der Waals surface area (Å²) in [6.45, 7) is 8.38. The highest BCUT2D eigenvalue weighted by Crippen LogP contribution is 2.23. The summed E-state index contributed by atoms with van der Waals surface area (Å²) in [7, 11) is 0. The third kappa shape index (κ3) is 3.21. The molecule has 2 aromatic carbocycles. The monoisotopic (exact) mass is 239 g/mol. The van der Waals surface area contributed by atoms with Crippen molar-refractivity contribution < 1.29 is 0 Å². The van der Waals surface area contributed by atoms with E-state index in [-0.39, 0.29) is 0 Å². The Morgan fingerprint density at radius 1 is 0.889 bits per heavy atom. The van der Waals surface area contributed by atoms with Gasteiger partial charge in [0.25, 0.3) is 0 Å². The van der Waals surface area contributed by atoms with Crippen LogP contribution in [0.15, 0.2) is 42.5 Å². The molecule has 18 heavy (non-hydrogen) atoms. The molecule has 2 aromatic rings. The van der Waals surface area contributed by atoms with Gasteiger partial charge in [0.05, 0.1) is 0 Å². The molecule has 0 aliphatic rings. The summed E-state index contributed by atoms with van der Waals surface area (Å²) in [5.74, 6) is 0. The average Bonchev–Trinajstić information content (AvgIpc) is 2.35. The van der Waals surface area contributed by atoms with Crippen molar-refractivity contribution in [3.63, 3.8) is 0 Å². The Kier molecular flexibility index (Phi) is 4.16. The van der Waals surface area contributed by atoms with E-state index in [9.17, 15) is 0 Å². The van der Waals surface area contributed by atoms with E-state index < -0.39 is 0 Å². The lowest BCUT2D eigenvalue weighted by Crippen LogP contribution is -2.11. The number of hydrogen-bond donors (Lipinski definition) is 1. The van der Waals surface area contributed by atoms with Crippen LogP contribution in [0.3, 0.4) is 0 Å². The maximum atomic E-state index is 3.37. The third-order valence-corrected chi connectivity index (χ3v) is 3.06. The van der Waals surface area contributed by atoms with Crippen LogP contribution in [0.5, 0.6) is 0 Å². The smallest absolute Gasteiger partial charge is 0.0205 e. The van der Waals surface area contributed by atoms with E-state index >= 15 is 0 Å². The van der Waals surface area contributed by atoms with E-state index in [1.807, 2.05) is 0 Å². The molecule has 0 heterocycles. The van der Waals surface area contributed by atoms with Gasteiger partial charge in [-0.2, -0.15) is 0 Å². The molecule has 0 aromatic heterocycles. The summed E-state index contributed by atoms with van der Waals surface area (Å²) in [6, 6.07) is 15.5. The van der Waals surface area contributed by atoms with Gasteiger partial charge in [0.15, 0.2) is 0 Å². The lowest BCUT2D eigenvalue weighted by atomic mass is 9.99. The summed E-state index contributed by atoms with van der Waals surface area (Å²) in [5.41, 5.74) is 6.60. The predicted molar refractivity (Wildman–Crippen MR) is 78.7 cm³/mol. The zero-order valence-electron chi connectivity index (χ0n) is 11.5. The number of hydrogen-bond acceptors (Lipinski definition) is 1. The minimum atomic E-state index is 0.940. The third-order valence-electron chi connectivity index (χ3n) is 3.06. The minimum absolute atomic E-state index is 0.940. The first kappa shape index (κ1) is 12.8. The molecule has 0 spiro atoms. The SMILES string of the molecule is CCNCc1cccc(-c2cc(C)cc(C)c2)c1. The molecular formula is C17H21N. The maximum Gasteiger partial charge on any atom is 0.0205 e. The average molecular weight is 239 g/mol. The van der Waals surface area contributed by atoms with Crippen molar-refractivity contribution >= 4 is 0 Å². The van der Waals surface area contributed by atoms with Gasteiger partial charge in [-0.15, -0.1) is 0 Å². The van der Waals surface area contributed by atoms with Gasteiger partial charge in [-0.25, -0.2) is 0 Å². The van der Waals surface area contributed by atoms with Gasteiger partial charge < -0.3 is 5.32 Å². The van der Waals surface area contributed by atoms with Crippen LogP contribution < -0.4 is 5.32 Å². The summed E-state index contributed by atoms with van der Waals surface area (Å²) in [6.07, 6.45) is 0. The van der Waals surface area contributed by atoms with Gasteiger partial charge in [-0.3, -0.25) is 0 Å². The molecular weight excluding hydrogens is 218 g/mol. The second kappa shape index (κ2) is 5.83. The molecule has 0 radical (unpaired) electrons. The topological polar surface area (TPSA) is 12.0 Å². The quantitative estimate of drug-likeness (QED) is 0.847. The number of aryl methyl sites for hydroxylation is 2. The lowest BCUT2D eigenvalue weighted by Gasteiger charge is -2.08. The van der Waals surface area contributed by atoms with Crippen molar-refractivity contribution in [2.75, 3.05) is 6.54 Å². The van der Waals surface area contributed by atoms with E-state index in [2.05, 4.69) is 68.6 Å². The highest BCUT2D eigenvalue weighted by atomic mass is 14.8. The Morgan fingerprint density at radius 3 is 2.28 bits per heavy atom. The van der Waals surface area contributed by atoms with Gasteiger partial charge in [-0.1, -0.05) is 54.4 Å². The molecule has 0 saturated heterocycles. The molecule has 0 atom stereocenters. The van der Waals surface area contributed by atoms with Crippen LogP contribution in [-0.2, 0) is 6.54 Å². The van der Waals surface area contributed by atoms with E-state index in [0.717, 1.165) is 13.1 Å². The molecule has 94 valence electrons. The first-order valence-electron chi connectivity index (χ1n) is 6.57. The summed E-state index contributed by atoms with van der Waals surface area (Å²) >= 11 is 0. The normalized spacial score (nSPS) is 10.6. The number of rotatable bonds is 4. The number of benzene rings is 2. The maximum absolute atomic E-state index is 3.37. The fourth-order valence-corrected chi connectivity index (χ4v) is 2.27. The summed E-state index contributed by atoms with van der Waals surface area (Å²) < 4.78 is 0. The van der Waals surface area contributed by atoms with Crippen LogP contribution in [0.1, 0.15) is 23.6 Å². The van der Waals surface area contributed by atoms with Gasteiger partial charge in [0.2, 0.25) is 0 Å². The summed E-state index contributed by atoms with van der Waals surface area (Å²) in [4.78, 5) is 0. The Bertz CT molecular complexity index is 509. The van der Waals surface area contributed by atoms with Crippen LogP contribution in [0.4, 0.5) is 0 Å². The zero-order valence-corrected chi connectivity index (χ0v) is 11.5. The fourth-order valence-electron chi connectivity index (χ4n) is 2.27. The standard InChI is InChI=1S/C17H21N/c1-4-18-12-15-6-5-7-16(11-15)17-9-13(2)8-14(3)10-17/h5-11,18H,4,12H2,1-3H3. The first-order chi connectivity index (χ1) is 8.69. The van der Waals surface area contributed by atoms with Crippen molar-refractivity contribution in [3.05, 3.63) is 59.2 Å². The van der Waals surface area contributed by atoms with Crippen molar-refractivity contribution in [1.29, 1.82) is 0 Å². The highest BCUT2D eigenvalue weighted by molar-refractivity contribution is 5.65. The Labute approximate surface area is 110 Å². The molecule has 0 bridgehead atoms. The van der Waals surface area contributed by atoms with Crippen LogP contribution in [-0.4, -0.2) is 6.54 Å². The molecule has 0 fully saturated rings. The van der Waals surface area contributed by atoms with E-state index in [4.69, 9.17) is 0 Å². The van der Waals surface area contributed by atoms with Crippen molar-refractivity contribution in [3.8, 4) is 11.1 Å². The molecule has 1 nitrogen and oxygen atoms in total. The van der Waals surface area contributed by atoms with Crippen molar-refractivity contribution in [2.24, 2.45) is 0 Å². The van der Waals surface area contributed by atoms with Crippen LogP contribution in [0.2, 0.25) is 0 Å². The fraction of sp³-hybridized carbons (Fsp3) is 0.294. The largest absolute Gasteiger partial charge is 0.313 e. The van der Waals surface area contributed by atoms with E-state index in [0.29, 0.717) is 0 Å². The second-order valence-electron chi connectivity index (χ2n) is 4.86. The van der Waals surface area contributed by atoms with Gasteiger partial charge >= 0.3 is 0 Å². The Morgan fingerprint density at radius 2 is 1.61 bits per heavy atom. The zero-order chi connectivity index (χ0) is 13.0. The molecule has 0 aliphatic heterocycles. The van der Waals surface area contributed by atoms with Gasteiger partial charge in [-0.05, 0) is 43.1 Å². The van der Waals surface area contributed by atoms with Crippen LogP contribution in [0.25, 0.3) is 11.1 Å². The molecule has 0 aliphatic carbocycles. The number of nitrogens with one attached hydrogen (secondary N) is 1. The highest BCUT2D eigenvalue weighted by Gasteiger charge is 2.01. The molecule has 0 unspecified atom stereocenters. The lowest BCUT2D eigenvalue weighted by molar-refractivity contribution is 0.727. The molecule has 0 saturated carbocycles. The molecule has 2 rings (SSSR count). The first-order valence-corrected chi connectivity index (χ1v) is 6.57. The van der Waals surface area contributed by atoms with E-state index in [1.54, 1.807) is 0 Å². The Hall–Kier alpha value is -1.60. The second-order valence-corrected chi connectivity index (χ2v) is 4.86.